The van der Waals surface area contributed by atoms with Gasteiger partial charge in [-0.25, -0.2) is 9.89 Å². The Balaban J connectivity index is 2.18. The maximum Gasteiger partial charge on any atom is 0.341 e. The number of H-pyrrole nitrogens is 1. The van der Waals surface area contributed by atoms with Crippen LogP contribution in [0.5, 0.6) is 0 Å². The first-order chi connectivity index (χ1) is 7.66. The molecule has 1 aromatic heterocycles. The second kappa shape index (κ2) is 4.44. The number of nitrogens with one attached hydrogen (secondary N) is 1. The minimum absolute atomic E-state index is 0.0834. The number of carbonyl (C=O) groups is 1. The van der Waals surface area contributed by atoms with Crippen LogP contribution in [-0.4, -0.2) is 34.0 Å². The van der Waals surface area contributed by atoms with Crippen molar-refractivity contribution in [2.45, 2.75) is 25.4 Å². The van der Waals surface area contributed by atoms with Crippen molar-refractivity contribution in [1.29, 1.82) is 0 Å². The van der Waals surface area contributed by atoms with E-state index in [4.69, 9.17) is 9.84 Å². The molecule has 0 saturated carbocycles. The molecule has 2 heterocycles. The van der Waals surface area contributed by atoms with Crippen LogP contribution >= 0.6 is 0 Å². The molecule has 0 aliphatic carbocycles. The highest BCUT2D eigenvalue weighted by Gasteiger charge is 2.18. The summed E-state index contributed by atoms with van der Waals surface area (Å²) in [7, 11) is 0. The Labute approximate surface area is 91.3 Å². The Morgan fingerprint density at radius 3 is 3.12 bits per heavy atom. The lowest BCUT2D eigenvalue weighted by atomic mass is 10.1. The predicted molar refractivity (Wildman–Crippen MR) is 54.5 cm³/mol. The zero-order chi connectivity index (χ0) is 11.5. The molecule has 6 nitrogen and oxygen atoms in total. The van der Waals surface area contributed by atoms with Crippen molar-refractivity contribution in [3.8, 4) is 0 Å². The Morgan fingerprint density at radius 2 is 2.50 bits per heavy atom. The summed E-state index contributed by atoms with van der Waals surface area (Å²) in [6.45, 7) is 0.736. The van der Waals surface area contributed by atoms with Gasteiger partial charge in [0.15, 0.2) is 0 Å². The Morgan fingerprint density at radius 1 is 1.69 bits per heavy atom. The molecule has 0 amide bonds. The van der Waals surface area contributed by atoms with Crippen molar-refractivity contribution in [3.63, 3.8) is 0 Å². The summed E-state index contributed by atoms with van der Waals surface area (Å²) in [6, 6.07) is 1.31. The number of carboxylic acid groups (broad SMARTS) is 1. The van der Waals surface area contributed by atoms with E-state index in [2.05, 4.69) is 10.2 Å². The van der Waals surface area contributed by atoms with Crippen LogP contribution < -0.4 is 5.56 Å². The summed E-state index contributed by atoms with van der Waals surface area (Å²) < 4.78 is 5.41. The molecule has 0 radical (unpaired) electrons. The normalized spacial score (nSPS) is 19.9. The third kappa shape index (κ3) is 2.27. The van der Waals surface area contributed by atoms with Crippen LogP contribution in [0.4, 0.5) is 0 Å². The first-order valence-corrected chi connectivity index (χ1v) is 5.10. The largest absolute Gasteiger partial charge is 0.477 e. The molecule has 1 atom stereocenters. The molecular weight excluding hydrogens is 212 g/mol. The molecule has 6 heteroatoms. The van der Waals surface area contributed by atoms with Crippen molar-refractivity contribution in [2.75, 3.05) is 6.61 Å². The summed E-state index contributed by atoms with van der Waals surface area (Å²) in [4.78, 5) is 21.9. The molecule has 1 aromatic rings. The van der Waals surface area contributed by atoms with Gasteiger partial charge in [-0.3, -0.25) is 4.79 Å². The van der Waals surface area contributed by atoms with Gasteiger partial charge < -0.3 is 9.84 Å². The van der Waals surface area contributed by atoms with Gasteiger partial charge in [0.1, 0.15) is 5.56 Å². The van der Waals surface area contributed by atoms with Crippen molar-refractivity contribution in [3.05, 3.63) is 27.7 Å². The van der Waals surface area contributed by atoms with E-state index in [0.29, 0.717) is 12.1 Å². The van der Waals surface area contributed by atoms with Crippen molar-refractivity contribution < 1.29 is 14.6 Å². The Bertz CT molecular complexity index is 448. The molecule has 1 unspecified atom stereocenters. The molecule has 16 heavy (non-hydrogen) atoms. The summed E-state index contributed by atoms with van der Waals surface area (Å²) in [5, 5.41) is 14.8. The lowest BCUT2D eigenvalue weighted by molar-refractivity contribution is 0.0693. The van der Waals surface area contributed by atoms with E-state index in [-0.39, 0.29) is 11.7 Å². The van der Waals surface area contributed by atoms with Crippen LogP contribution in [0.3, 0.4) is 0 Å². The molecule has 1 saturated heterocycles. The number of rotatable bonds is 3. The predicted octanol–water partition coefficient (Wildman–Crippen LogP) is 0.190. The molecule has 1 fully saturated rings. The minimum atomic E-state index is -1.24. The van der Waals surface area contributed by atoms with Crippen LogP contribution in [0.2, 0.25) is 0 Å². The second-order valence-corrected chi connectivity index (χ2v) is 3.75. The van der Waals surface area contributed by atoms with Crippen LogP contribution in [-0.2, 0) is 11.2 Å². The number of carboxylic acids is 1. The zero-order valence-electron chi connectivity index (χ0n) is 8.60. The fraction of sp³-hybridized carbons (Fsp3) is 0.500. The molecule has 1 aliphatic heterocycles. The van der Waals surface area contributed by atoms with Gasteiger partial charge in [-0.05, 0) is 18.9 Å². The topological polar surface area (TPSA) is 92.3 Å². The highest BCUT2D eigenvalue weighted by molar-refractivity contribution is 5.87. The first-order valence-electron chi connectivity index (χ1n) is 5.10. The SMILES string of the molecule is O=C(O)c1cc(CC2CCCO2)n[nH]c1=O. The lowest BCUT2D eigenvalue weighted by Gasteiger charge is -2.07. The fourth-order valence-electron chi connectivity index (χ4n) is 1.75. The lowest BCUT2D eigenvalue weighted by Crippen LogP contribution is -2.21. The quantitative estimate of drug-likeness (QED) is 0.764. The summed E-state index contributed by atoms with van der Waals surface area (Å²) in [5.74, 6) is -1.24. The maximum absolute atomic E-state index is 11.1. The zero-order valence-corrected chi connectivity index (χ0v) is 8.60. The molecule has 0 bridgehead atoms. The number of aromatic nitrogens is 2. The van der Waals surface area contributed by atoms with E-state index < -0.39 is 11.5 Å². The monoisotopic (exact) mass is 224 g/mol. The van der Waals surface area contributed by atoms with Gasteiger partial charge in [-0.15, -0.1) is 0 Å². The van der Waals surface area contributed by atoms with Crippen LogP contribution in [0.15, 0.2) is 10.9 Å². The highest BCUT2D eigenvalue weighted by atomic mass is 16.5. The number of aromatic carboxylic acids is 1. The molecule has 0 aromatic carbocycles. The highest BCUT2D eigenvalue weighted by Crippen LogP contribution is 2.15. The average Bonchev–Trinajstić information content (AvgIpc) is 2.73. The van der Waals surface area contributed by atoms with Crippen LogP contribution in [0.1, 0.15) is 28.9 Å². The molecule has 2 N–H and O–H groups in total. The summed E-state index contributed by atoms with van der Waals surface area (Å²) >= 11 is 0. The summed E-state index contributed by atoms with van der Waals surface area (Å²) in [6.07, 6.45) is 2.58. The van der Waals surface area contributed by atoms with Crippen molar-refractivity contribution in [1.82, 2.24) is 10.2 Å². The van der Waals surface area contributed by atoms with Gasteiger partial charge >= 0.3 is 5.97 Å². The van der Waals surface area contributed by atoms with Gasteiger partial charge in [-0.1, -0.05) is 0 Å². The molecule has 1 aliphatic rings. The van der Waals surface area contributed by atoms with E-state index in [1.807, 2.05) is 0 Å². The molecule has 0 spiro atoms. The van der Waals surface area contributed by atoms with E-state index in [1.54, 1.807) is 0 Å². The van der Waals surface area contributed by atoms with Crippen LogP contribution in [0, 0.1) is 0 Å². The number of hydrogen-bond donors (Lipinski definition) is 2. The van der Waals surface area contributed by atoms with Crippen LogP contribution in [0.25, 0.3) is 0 Å². The number of aromatic amines is 1. The number of ether oxygens (including phenoxy) is 1. The van der Waals surface area contributed by atoms with Gasteiger partial charge in [0.05, 0.1) is 11.8 Å². The van der Waals surface area contributed by atoms with E-state index in [9.17, 15) is 9.59 Å². The Kier molecular flexibility index (Phi) is 3.00. The summed E-state index contributed by atoms with van der Waals surface area (Å²) in [5.41, 5.74) is -0.407. The molecular formula is C10H12N2O4. The number of nitrogens with zero attached hydrogens (tertiary/aromatic N) is 1. The first kappa shape index (κ1) is 10.8. The third-order valence-corrected chi connectivity index (χ3v) is 2.55. The van der Waals surface area contributed by atoms with E-state index in [1.165, 1.54) is 6.07 Å². The van der Waals surface area contributed by atoms with E-state index in [0.717, 1.165) is 19.4 Å². The van der Waals surface area contributed by atoms with Gasteiger partial charge in [-0.2, -0.15) is 5.10 Å². The van der Waals surface area contributed by atoms with Gasteiger partial charge in [0.2, 0.25) is 0 Å². The second-order valence-electron chi connectivity index (χ2n) is 3.75. The smallest absolute Gasteiger partial charge is 0.341 e. The van der Waals surface area contributed by atoms with E-state index >= 15 is 0 Å². The molecule has 86 valence electrons. The van der Waals surface area contributed by atoms with Gasteiger partial charge in [0, 0.05) is 13.0 Å². The van der Waals surface area contributed by atoms with Gasteiger partial charge in [0.25, 0.3) is 5.56 Å². The van der Waals surface area contributed by atoms with Crippen molar-refractivity contribution >= 4 is 5.97 Å². The Hall–Kier alpha value is -1.69. The van der Waals surface area contributed by atoms with Crippen molar-refractivity contribution in [2.24, 2.45) is 0 Å². The maximum atomic E-state index is 11.1. The minimum Gasteiger partial charge on any atom is -0.477 e. The third-order valence-electron chi connectivity index (χ3n) is 2.55. The average molecular weight is 224 g/mol. The molecule has 2 rings (SSSR count). The fourth-order valence-corrected chi connectivity index (χ4v) is 1.75. The standard InChI is InChI=1S/C10H12N2O4/c13-9-8(10(14)15)5-6(11-12-9)4-7-2-1-3-16-7/h5,7H,1-4H2,(H,12,13)(H,14,15). The number of hydrogen-bond acceptors (Lipinski definition) is 4.